The molecule has 0 aromatic heterocycles. The Hall–Kier alpha value is -1.86. The average molecular weight is 246 g/mol. The quantitative estimate of drug-likeness (QED) is 0.866. The van der Waals surface area contributed by atoms with Gasteiger partial charge in [0.05, 0.1) is 17.7 Å². The Labute approximate surface area is 108 Å². The van der Waals surface area contributed by atoms with E-state index >= 15 is 0 Å². The minimum Gasteiger partial charge on any atom is -0.372 e. The number of hydrogen-bond acceptors (Lipinski definition) is 3. The van der Waals surface area contributed by atoms with E-state index in [1.165, 1.54) is 7.11 Å². The summed E-state index contributed by atoms with van der Waals surface area (Å²) in [5.41, 5.74) is 1.58. The van der Waals surface area contributed by atoms with E-state index in [0.717, 1.165) is 5.56 Å². The van der Waals surface area contributed by atoms with Crippen LogP contribution in [0.2, 0.25) is 0 Å². The van der Waals surface area contributed by atoms with Crippen LogP contribution in [0.15, 0.2) is 24.3 Å². The zero-order valence-electron chi connectivity index (χ0n) is 10.9. The van der Waals surface area contributed by atoms with Crippen LogP contribution in [0, 0.1) is 11.3 Å². The Morgan fingerprint density at radius 3 is 2.50 bits per heavy atom. The molecule has 1 aromatic rings. The normalized spacial score (nSPS) is 13.4. The summed E-state index contributed by atoms with van der Waals surface area (Å²) in [6.45, 7) is 3.81. The summed E-state index contributed by atoms with van der Waals surface area (Å²) >= 11 is 0. The second-order valence-corrected chi connectivity index (χ2v) is 4.10. The monoisotopic (exact) mass is 246 g/mol. The van der Waals surface area contributed by atoms with E-state index in [2.05, 4.69) is 11.4 Å². The van der Waals surface area contributed by atoms with Crippen LogP contribution in [-0.4, -0.2) is 19.1 Å². The summed E-state index contributed by atoms with van der Waals surface area (Å²) in [6.07, 6.45) is 0.230. The molecule has 0 spiro atoms. The minimum atomic E-state index is -0.411. The van der Waals surface area contributed by atoms with Gasteiger partial charge < -0.3 is 10.1 Å². The maximum Gasteiger partial charge on any atom is 0.249 e. The third kappa shape index (κ3) is 3.57. The van der Waals surface area contributed by atoms with Crippen LogP contribution in [-0.2, 0) is 9.53 Å². The van der Waals surface area contributed by atoms with Crippen molar-refractivity contribution in [1.82, 2.24) is 5.32 Å². The zero-order chi connectivity index (χ0) is 13.5. The highest BCUT2D eigenvalue weighted by atomic mass is 16.5. The van der Waals surface area contributed by atoms with E-state index in [4.69, 9.17) is 10.00 Å². The van der Waals surface area contributed by atoms with Gasteiger partial charge in [0.1, 0.15) is 6.10 Å². The van der Waals surface area contributed by atoms with Gasteiger partial charge >= 0.3 is 0 Å². The summed E-state index contributed by atoms with van der Waals surface area (Å²) in [7, 11) is 1.53. The minimum absolute atomic E-state index is 0.102. The molecule has 1 rings (SSSR count). The Morgan fingerprint density at radius 1 is 1.44 bits per heavy atom. The highest BCUT2D eigenvalue weighted by molar-refractivity contribution is 5.81. The van der Waals surface area contributed by atoms with Gasteiger partial charge in [-0.05, 0) is 31.0 Å². The number of nitriles is 1. The first-order chi connectivity index (χ1) is 8.62. The number of amides is 1. The Morgan fingerprint density at radius 2 is 2.06 bits per heavy atom. The SMILES string of the molecule is CC[C@H](OC)C(=O)N[C@@H](C)c1ccc(C#N)cc1. The van der Waals surface area contributed by atoms with Gasteiger partial charge in [-0.1, -0.05) is 19.1 Å². The fourth-order valence-corrected chi connectivity index (χ4v) is 1.70. The topological polar surface area (TPSA) is 62.1 Å². The second-order valence-electron chi connectivity index (χ2n) is 4.10. The summed E-state index contributed by atoms with van der Waals surface area (Å²) in [4.78, 5) is 11.8. The van der Waals surface area contributed by atoms with Crippen molar-refractivity contribution in [2.75, 3.05) is 7.11 Å². The predicted octanol–water partition coefficient (Wildman–Crippen LogP) is 2.16. The van der Waals surface area contributed by atoms with Crippen molar-refractivity contribution in [3.63, 3.8) is 0 Å². The number of nitrogens with zero attached hydrogens (tertiary/aromatic N) is 1. The Kier molecular flexibility index (Phi) is 5.34. The average Bonchev–Trinajstić information content (AvgIpc) is 2.40. The van der Waals surface area contributed by atoms with Crippen molar-refractivity contribution in [2.45, 2.75) is 32.4 Å². The number of carbonyl (C=O) groups is 1. The van der Waals surface area contributed by atoms with Crippen LogP contribution in [0.4, 0.5) is 0 Å². The molecule has 4 heteroatoms. The van der Waals surface area contributed by atoms with E-state index in [1.54, 1.807) is 12.1 Å². The summed E-state index contributed by atoms with van der Waals surface area (Å²) < 4.78 is 5.08. The van der Waals surface area contributed by atoms with E-state index in [1.807, 2.05) is 26.0 Å². The number of methoxy groups -OCH3 is 1. The molecule has 0 aliphatic heterocycles. The van der Waals surface area contributed by atoms with E-state index in [9.17, 15) is 4.79 Å². The Balaban J connectivity index is 2.67. The van der Waals surface area contributed by atoms with Crippen LogP contribution in [0.25, 0.3) is 0 Å². The fourth-order valence-electron chi connectivity index (χ4n) is 1.70. The van der Waals surface area contributed by atoms with Gasteiger partial charge in [0.15, 0.2) is 0 Å². The lowest BCUT2D eigenvalue weighted by atomic mass is 10.1. The fraction of sp³-hybridized carbons (Fsp3) is 0.429. The van der Waals surface area contributed by atoms with Gasteiger partial charge in [0.2, 0.25) is 5.91 Å². The summed E-state index contributed by atoms with van der Waals surface area (Å²) in [5, 5.41) is 11.6. The van der Waals surface area contributed by atoms with Crippen LogP contribution in [0.1, 0.15) is 37.4 Å². The lowest BCUT2D eigenvalue weighted by molar-refractivity contribution is -0.131. The van der Waals surface area contributed by atoms with Crippen LogP contribution in [0.5, 0.6) is 0 Å². The van der Waals surface area contributed by atoms with Crippen molar-refractivity contribution in [2.24, 2.45) is 0 Å². The molecule has 0 saturated carbocycles. The lowest BCUT2D eigenvalue weighted by Gasteiger charge is -2.18. The molecule has 0 radical (unpaired) electrons. The molecule has 0 aliphatic rings. The maximum atomic E-state index is 11.8. The third-order valence-corrected chi connectivity index (χ3v) is 2.85. The van der Waals surface area contributed by atoms with Gasteiger partial charge in [-0.3, -0.25) is 4.79 Å². The first-order valence-electron chi connectivity index (χ1n) is 5.95. The molecule has 2 atom stereocenters. The molecular formula is C14H18N2O2. The highest BCUT2D eigenvalue weighted by Crippen LogP contribution is 2.13. The van der Waals surface area contributed by atoms with Crippen molar-refractivity contribution in [3.8, 4) is 6.07 Å². The van der Waals surface area contributed by atoms with Gasteiger partial charge in [0.25, 0.3) is 0 Å². The molecule has 0 saturated heterocycles. The van der Waals surface area contributed by atoms with Crippen molar-refractivity contribution < 1.29 is 9.53 Å². The number of rotatable bonds is 5. The van der Waals surface area contributed by atoms with Crippen molar-refractivity contribution >= 4 is 5.91 Å². The largest absolute Gasteiger partial charge is 0.372 e. The molecule has 0 fully saturated rings. The molecule has 0 heterocycles. The van der Waals surface area contributed by atoms with Gasteiger partial charge in [-0.15, -0.1) is 0 Å². The van der Waals surface area contributed by atoms with E-state index in [-0.39, 0.29) is 11.9 Å². The lowest BCUT2D eigenvalue weighted by Crippen LogP contribution is -2.36. The number of nitrogens with one attached hydrogen (secondary N) is 1. The molecule has 18 heavy (non-hydrogen) atoms. The van der Waals surface area contributed by atoms with Crippen molar-refractivity contribution in [1.29, 1.82) is 5.26 Å². The molecular weight excluding hydrogens is 228 g/mol. The predicted molar refractivity (Wildman–Crippen MR) is 68.8 cm³/mol. The van der Waals surface area contributed by atoms with Crippen LogP contribution < -0.4 is 5.32 Å². The van der Waals surface area contributed by atoms with Gasteiger partial charge in [-0.25, -0.2) is 0 Å². The maximum absolute atomic E-state index is 11.8. The molecule has 96 valence electrons. The third-order valence-electron chi connectivity index (χ3n) is 2.85. The summed E-state index contributed by atoms with van der Waals surface area (Å²) in [6, 6.07) is 9.13. The van der Waals surface area contributed by atoms with Gasteiger partial charge in [0, 0.05) is 7.11 Å². The standard InChI is InChI=1S/C14H18N2O2/c1-4-13(18-3)14(17)16-10(2)12-7-5-11(9-15)6-8-12/h5-8,10,13H,4H2,1-3H3,(H,16,17)/t10-,13-/m0/s1. The number of ether oxygens (including phenoxy) is 1. The molecule has 0 aliphatic carbocycles. The molecule has 1 aromatic carbocycles. The highest BCUT2D eigenvalue weighted by Gasteiger charge is 2.17. The van der Waals surface area contributed by atoms with E-state index in [0.29, 0.717) is 12.0 Å². The summed E-state index contributed by atoms with van der Waals surface area (Å²) in [5.74, 6) is -0.114. The smallest absolute Gasteiger partial charge is 0.249 e. The first kappa shape index (κ1) is 14.2. The molecule has 0 unspecified atom stereocenters. The van der Waals surface area contributed by atoms with Crippen LogP contribution >= 0.6 is 0 Å². The molecule has 1 N–H and O–H groups in total. The molecule has 4 nitrogen and oxygen atoms in total. The van der Waals surface area contributed by atoms with Gasteiger partial charge in [-0.2, -0.15) is 5.26 Å². The van der Waals surface area contributed by atoms with Crippen LogP contribution in [0.3, 0.4) is 0 Å². The molecule has 0 bridgehead atoms. The Bertz CT molecular complexity index is 430. The zero-order valence-corrected chi connectivity index (χ0v) is 10.9. The number of hydrogen-bond donors (Lipinski definition) is 1. The molecule has 1 amide bonds. The number of benzene rings is 1. The first-order valence-corrected chi connectivity index (χ1v) is 5.95. The van der Waals surface area contributed by atoms with E-state index < -0.39 is 6.10 Å². The second kappa shape index (κ2) is 6.77. The number of carbonyl (C=O) groups excluding carboxylic acids is 1. The van der Waals surface area contributed by atoms with Crippen molar-refractivity contribution in [3.05, 3.63) is 35.4 Å².